The molecule has 1 atom stereocenters. The van der Waals surface area contributed by atoms with Gasteiger partial charge in [-0.3, -0.25) is 9.59 Å². The van der Waals surface area contributed by atoms with E-state index in [1.165, 1.54) is 24.9 Å². The number of hydrogen-bond acceptors (Lipinski definition) is 7. The molecule has 2 aliphatic rings. The highest BCUT2D eigenvalue weighted by Crippen LogP contribution is 2.45. The molecule has 3 N–H and O–H groups in total. The third-order valence-electron chi connectivity index (χ3n) is 6.10. The summed E-state index contributed by atoms with van der Waals surface area (Å²) in [6.07, 6.45) is 1.87. The molecule has 0 amide bonds. The van der Waals surface area contributed by atoms with E-state index in [4.69, 9.17) is 21.3 Å². The number of carbonyl (C=O) groups is 1. The minimum atomic E-state index is -0.604. The second-order valence-electron chi connectivity index (χ2n) is 8.17. The number of anilines is 1. The molecule has 0 unspecified atom stereocenters. The van der Waals surface area contributed by atoms with Crippen LogP contribution in [0, 0.1) is 0 Å². The Kier molecular flexibility index (Phi) is 6.10. The van der Waals surface area contributed by atoms with Crippen molar-refractivity contribution >= 4 is 35.0 Å². The quantitative estimate of drug-likeness (QED) is 0.338. The van der Waals surface area contributed by atoms with E-state index < -0.39 is 5.92 Å². The number of fused-ring (bicyclic) bond motifs is 1. The van der Waals surface area contributed by atoms with Gasteiger partial charge < -0.3 is 20.1 Å². The van der Waals surface area contributed by atoms with E-state index in [2.05, 4.69) is 10.3 Å². The van der Waals surface area contributed by atoms with E-state index in [9.17, 15) is 14.7 Å². The number of methoxy groups -OCH3 is 1. The van der Waals surface area contributed by atoms with Crippen molar-refractivity contribution in [2.45, 2.75) is 36.1 Å². The lowest BCUT2D eigenvalue weighted by atomic mass is 9.76. The molecule has 1 aliphatic heterocycles. The SMILES string of the molecule is COc1cc([C@H]2C3=C(CCCC3=O)Nc3nc(SCc4ccccc4Cl)[nH]c(=O)c32)ccc1O. The monoisotopic (exact) mass is 495 g/mol. The average molecular weight is 496 g/mol. The number of aromatic amines is 1. The lowest BCUT2D eigenvalue weighted by molar-refractivity contribution is -0.116. The molecule has 2 aromatic carbocycles. The summed E-state index contributed by atoms with van der Waals surface area (Å²) in [5, 5.41) is 14.5. The Morgan fingerprint density at radius 2 is 2.03 bits per heavy atom. The zero-order valence-corrected chi connectivity index (χ0v) is 19.9. The van der Waals surface area contributed by atoms with Gasteiger partial charge in [-0.15, -0.1) is 0 Å². The molecule has 0 fully saturated rings. The molecule has 34 heavy (non-hydrogen) atoms. The number of hydrogen-bond donors (Lipinski definition) is 3. The van der Waals surface area contributed by atoms with Crippen molar-refractivity contribution in [3.63, 3.8) is 0 Å². The van der Waals surface area contributed by atoms with Crippen LogP contribution < -0.4 is 15.6 Å². The maximum absolute atomic E-state index is 13.4. The number of H-pyrrole nitrogens is 1. The topological polar surface area (TPSA) is 104 Å². The first-order valence-corrected chi connectivity index (χ1v) is 12.2. The standard InChI is InChI=1S/C25H22ClN3O4S/c1-33-19-11-13(9-10-17(19)30)20-21-16(7-4-8-18(21)31)27-23-22(20)24(32)29-25(28-23)34-12-14-5-2-3-6-15(14)26/h2-3,5-6,9-11,20,30H,4,7-8,12H2,1H3,(H2,27,28,29,32)/t20-/m0/s1. The molecular formula is C25H22ClN3O4S. The molecule has 0 saturated carbocycles. The number of aromatic nitrogens is 2. The minimum Gasteiger partial charge on any atom is -0.504 e. The Hall–Kier alpha value is -3.23. The number of aromatic hydroxyl groups is 1. The van der Waals surface area contributed by atoms with Gasteiger partial charge in [0.15, 0.2) is 22.4 Å². The summed E-state index contributed by atoms with van der Waals surface area (Å²) in [5.41, 5.74) is 3.06. The molecule has 174 valence electrons. The number of Topliss-reactive ketones (excluding diaryl/α,β-unsaturated/α-hetero) is 1. The molecule has 0 saturated heterocycles. The maximum atomic E-state index is 13.4. The second-order valence-corrected chi connectivity index (χ2v) is 9.54. The summed E-state index contributed by atoms with van der Waals surface area (Å²) >= 11 is 7.65. The Morgan fingerprint density at radius 3 is 2.82 bits per heavy atom. The van der Waals surface area contributed by atoms with E-state index in [1.54, 1.807) is 12.1 Å². The van der Waals surface area contributed by atoms with Crippen LogP contribution in [0.1, 0.15) is 41.9 Å². The number of halogens is 1. The van der Waals surface area contributed by atoms with Crippen molar-refractivity contribution in [3.05, 3.63) is 85.8 Å². The predicted octanol–water partition coefficient (Wildman–Crippen LogP) is 4.99. The number of allylic oxidation sites excluding steroid dienone is 2. The van der Waals surface area contributed by atoms with Crippen LogP contribution in [0.25, 0.3) is 0 Å². The van der Waals surface area contributed by atoms with Crippen LogP contribution in [0.3, 0.4) is 0 Å². The van der Waals surface area contributed by atoms with Gasteiger partial charge in [-0.25, -0.2) is 4.98 Å². The second kappa shape index (κ2) is 9.19. The van der Waals surface area contributed by atoms with E-state index in [1.807, 2.05) is 24.3 Å². The molecule has 1 aromatic heterocycles. The van der Waals surface area contributed by atoms with E-state index in [-0.39, 0.29) is 22.8 Å². The van der Waals surface area contributed by atoms with E-state index >= 15 is 0 Å². The third-order valence-corrected chi connectivity index (χ3v) is 7.39. The van der Waals surface area contributed by atoms with Crippen molar-refractivity contribution in [2.24, 2.45) is 0 Å². The highest BCUT2D eigenvalue weighted by Gasteiger charge is 2.38. The first-order chi connectivity index (χ1) is 16.5. The molecule has 5 rings (SSSR count). The highest BCUT2D eigenvalue weighted by atomic mass is 35.5. The Morgan fingerprint density at radius 1 is 1.21 bits per heavy atom. The summed E-state index contributed by atoms with van der Waals surface area (Å²) < 4.78 is 5.28. The van der Waals surface area contributed by atoms with Crippen molar-refractivity contribution in [2.75, 3.05) is 12.4 Å². The number of phenolic OH excluding ortho intramolecular Hbond substituents is 1. The lowest BCUT2D eigenvalue weighted by Gasteiger charge is -2.33. The molecule has 0 bridgehead atoms. The number of ketones is 1. The third kappa shape index (κ3) is 4.08. The number of thioether (sulfide) groups is 1. The first kappa shape index (κ1) is 22.6. The fourth-order valence-corrected chi connectivity index (χ4v) is 5.62. The van der Waals surface area contributed by atoms with Gasteiger partial charge in [0, 0.05) is 34.4 Å². The average Bonchev–Trinajstić information content (AvgIpc) is 2.83. The largest absolute Gasteiger partial charge is 0.504 e. The normalized spacial score (nSPS) is 17.1. The number of nitrogens with zero attached hydrogens (tertiary/aromatic N) is 1. The number of phenols is 1. The minimum absolute atomic E-state index is 0.00742. The molecule has 0 radical (unpaired) electrons. The summed E-state index contributed by atoms with van der Waals surface area (Å²) in [5.74, 6) is 0.658. The molecule has 0 spiro atoms. The summed E-state index contributed by atoms with van der Waals surface area (Å²) in [6, 6.07) is 12.4. The highest BCUT2D eigenvalue weighted by molar-refractivity contribution is 7.98. The maximum Gasteiger partial charge on any atom is 0.257 e. The van der Waals surface area contributed by atoms with Crippen LogP contribution >= 0.6 is 23.4 Å². The van der Waals surface area contributed by atoms with Gasteiger partial charge in [0.2, 0.25) is 0 Å². The Bertz CT molecular complexity index is 1380. The van der Waals surface area contributed by atoms with Gasteiger partial charge in [-0.05, 0) is 42.2 Å². The Balaban J connectivity index is 1.59. The Labute approximate surface area is 205 Å². The van der Waals surface area contributed by atoms with Crippen LogP contribution in [0.15, 0.2) is 63.7 Å². The van der Waals surface area contributed by atoms with Crippen LogP contribution in [0.5, 0.6) is 11.5 Å². The molecule has 1 aliphatic carbocycles. The number of nitrogens with one attached hydrogen (secondary N) is 2. The molecule has 9 heteroatoms. The van der Waals surface area contributed by atoms with E-state index in [0.717, 1.165) is 17.7 Å². The molecular weight excluding hydrogens is 474 g/mol. The van der Waals surface area contributed by atoms with Gasteiger partial charge >= 0.3 is 0 Å². The van der Waals surface area contributed by atoms with Crippen molar-refractivity contribution < 1.29 is 14.6 Å². The van der Waals surface area contributed by atoms with Crippen LogP contribution in [-0.4, -0.2) is 28.0 Å². The lowest BCUT2D eigenvalue weighted by Crippen LogP contribution is -2.32. The fourth-order valence-electron chi connectivity index (χ4n) is 4.48. The van der Waals surface area contributed by atoms with Crippen molar-refractivity contribution in [3.8, 4) is 11.5 Å². The van der Waals surface area contributed by atoms with Crippen molar-refractivity contribution in [1.82, 2.24) is 9.97 Å². The molecule has 2 heterocycles. The predicted molar refractivity (Wildman–Crippen MR) is 132 cm³/mol. The van der Waals surface area contributed by atoms with Crippen LogP contribution in [0.2, 0.25) is 5.02 Å². The van der Waals surface area contributed by atoms with Gasteiger partial charge in [-0.2, -0.15) is 0 Å². The molecule has 3 aromatic rings. The van der Waals surface area contributed by atoms with Crippen molar-refractivity contribution in [1.29, 1.82) is 0 Å². The summed E-state index contributed by atoms with van der Waals surface area (Å²) in [4.78, 5) is 33.9. The zero-order chi connectivity index (χ0) is 23.8. The number of rotatable bonds is 5. The van der Waals surface area contributed by atoms with Gasteiger partial charge in [0.05, 0.1) is 12.7 Å². The first-order valence-electron chi connectivity index (χ1n) is 10.9. The van der Waals surface area contributed by atoms with Gasteiger partial charge in [0.1, 0.15) is 5.82 Å². The number of ether oxygens (including phenoxy) is 1. The smallest absolute Gasteiger partial charge is 0.257 e. The zero-order valence-electron chi connectivity index (χ0n) is 18.4. The number of benzene rings is 2. The van der Waals surface area contributed by atoms with E-state index in [0.29, 0.717) is 51.3 Å². The van der Waals surface area contributed by atoms with Crippen LogP contribution in [0.4, 0.5) is 5.82 Å². The van der Waals surface area contributed by atoms with Crippen LogP contribution in [-0.2, 0) is 10.5 Å². The van der Waals surface area contributed by atoms with Gasteiger partial charge in [0.25, 0.3) is 5.56 Å². The summed E-state index contributed by atoms with van der Waals surface area (Å²) in [6.45, 7) is 0. The molecule has 7 nitrogen and oxygen atoms in total. The number of carbonyl (C=O) groups excluding carboxylic acids is 1. The van der Waals surface area contributed by atoms with Gasteiger partial charge in [-0.1, -0.05) is 47.6 Å². The summed E-state index contributed by atoms with van der Waals surface area (Å²) in [7, 11) is 1.46. The fraction of sp³-hybridized carbons (Fsp3) is 0.240.